The number of hydrogen-bond acceptors (Lipinski definition) is 4. The average Bonchev–Trinajstić information content (AvgIpc) is 2.82. The zero-order chi connectivity index (χ0) is 16.9. The van der Waals surface area contributed by atoms with E-state index >= 15 is 0 Å². The van der Waals surface area contributed by atoms with E-state index in [-0.39, 0.29) is 12.5 Å². The van der Waals surface area contributed by atoms with Gasteiger partial charge >= 0.3 is 5.97 Å². The number of carboxylic acid groups (broad SMARTS) is 1. The van der Waals surface area contributed by atoms with Crippen molar-refractivity contribution in [3.8, 4) is 0 Å². The second kappa shape index (κ2) is 7.44. The van der Waals surface area contributed by atoms with Crippen LogP contribution in [0.15, 0.2) is 18.3 Å². The highest BCUT2D eigenvalue weighted by Gasteiger charge is 2.27. The molecule has 1 aliphatic rings. The first-order valence-corrected chi connectivity index (χ1v) is 8.13. The average molecular weight is 319 g/mol. The monoisotopic (exact) mass is 319 g/mol. The lowest BCUT2D eigenvalue weighted by Crippen LogP contribution is -2.38. The molecule has 1 aromatic heterocycles. The van der Waals surface area contributed by atoms with Gasteiger partial charge in [0.15, 0.2) is 0 Å². The van der Waals surface area contributed by atoms with Crippen LogP contribution in [0.3, 0.4) is 0 Å². The van der Waals surface area contributed by atoms with E-state index in [9.17, 15) is 9.59 Å². The van der Waals surface area contributed by atoms with Crippen molar-refractivity contribution in [3.63, 3.8) is 0 Å². The molecule has 0 radical (unpaired) electrons. The molecule has 2 rings (SSSR count). The summed E-state index contributed by atoms with van der Waals surface area (Å²) < 4.78 is 0. The number of rotatable bonds is 5. The largest absolute Gasteiger partial charge is 0.481 e. The highest BCUT2D eigenvalue weighted by atomic mass is 16.4. The van der Waals surface area contributed by atoms with Crippen LogP contribution in [0.2, 0.25) is 0 Å². The van der Waals surface area contributed by atoms with Crippen molar-refractivity contribution in [3.05, 3.63) is 23.9 Å². The second-order valence-electron chi connectivity index (χ2n) is 6.68. The van der Waals surface area contributed by atoms with Crippen LogP contribution >= 0.6 is 0 Å². The van der Waals surface area contributed by atoms with Crippen LogP contribution in [-0.2, 0) is 4.79 Å². The quantitative estimate of drug-likeness (QED) is 0.870. The minimum atomic E-state index is -0.991. The molecule has 0 atom stereocenters. The summed E-state index contributed by atoms with van der Waals surface area (Å²) in [6, 6.07) is 3.61. The minimum Gasteiger partial charge on any atom is -0.481 e. The van der Waals surface area contributed by atoms with E-state index in [1.54, 1.807) is 26.1 Å². The second-order valence-corrected chi connectivity index (χ2v) is 6.68. The Kier molecular flexibility index (Phi) is 5.58. The number of carboxylic acids is 1. The van der Waals surface area contributed by atoms with Gasteiger partial charge in [0.1, 0.15) is 5.82 Å². The Bertz CT molecular complexity index is 547. The van der Waals surface area contributed by atoms with Crippen molar-refractivity contribution < 1.29 is 14.7 Å². The maximum absolute atomic E-state index is 12.1. The first-order chi connectivity index (χ1) is 10.9. The van der Waals surface area contributed by atoms with Gasteiger partial charge in [-0.25, -0.2) is 4.98 Å². The van der Waals surface area contributed by atoms with Crippen LogP contribution in [0, 0.1) is 5.41 Å². The molecule has 2 N–H and O–H groups in total. The fraction of sp³-hybridized carbons (Fsp3) is 0.588. The normalized spacial score (nSPS) is 15.8. The molecule has 6 heteroatoms. The minimum absolute atomic E-state index is 0.0784. The molecule has 1 aromatic rings. The number of hydrogen-bond donors (Lipinski definition) is 2. The number of aliphatic carboxylic acids is 1. The zero-order valence-electron chi connectivity index (χ0n) is 13.8. The van der Waals surface area contributed by atoms with Crippen LogP contribution in [0.5, 0.6) is 0 Å². The molecule has 0 bridgehead atoms. The van der Waals surface area contributed by atoms with E-state index in [2.05, 4.69) is 15.2 Å². The molecule has 6 nitrogen and oxygen atoms in total. The van der Waals surface area contributed by atoms with E-state index in [1.165, 1.54) is 25.7 Å². The van der Waals surface area contributed by atoms with Crippen molar-refractivity contribution in [2.75, 3.05) is 24.5 Å². The summed E-state index contributed by atoms with van der Waals surface area (Å²) in [5, 5.41) is 11.7. The summed E-state index contributed by atoms with van der Waals surface area (Å²) >= 11 is 0. The lowest BCUT2D eigenvalue weighted by atomic mass is 9.94. The first-order valence-electron chi connectivity index (χ1n) is 8.13. The van der Waals surface area contributed by atoms with Crippen LogP contribution in [-0.4, -0.2) is 41.6 Å². The van der Waals surface area contributed by atoms with Gasteiger partial charge in [0.2, 0.25) is 0 Å². The van der Waals surface area contributed by atoms with Crippen LogP contribution in [0.25, 0.3) is 0 Å². The van der Waals surface area contributed by atoms with E-state index in [0.29, 0.717) is 5.56 Å². The van der Waals surface area contributed by atoms with Crippen LogP contribution in [0.1, 0.15) is 49.9 Å². The fourth-order valence-corrected chi connectivity index (χ4v) is 2.49. The highest BCUT2D eigenvalue weighted by molar-refractivity contribution is 5.94. The van der Waals surface area contributed by atoms with Gasteiger partial charge < -0.3 is 15.3 Å². The molecule has 1 fully saturated rings. The molecule has 0 unspecified atom stereocenters. The third-order valence-corrected chi connectivity index (χ3v) is 4.21. The number of nitrogens with one attached hydrogen (secondary N) is 1. The van der Waals surface area contributed by atoms with Gasteiger partial charge in [0, 0.05) is 25.8 Å². The molecule has 0 spiro atoms. The number of amides is 1. The summed E-state index contributed by atoms with van der Waals surface area (Å²) in [6.07, 6.45) is 6.43. The third-order valence-electron chi connectivity index (χ3n) is 4.21. The predicted octanol–water partition coefficient (Wildman–Crippen LogP) is 2.30. The number of carbonyl (C=O) groups is 2. The molecule has 1 aliphatic heterocycles. The summed E-state index contributed by atoms with van der Waals surface area (Å²) in [4.78, 5) is 29.8. The maximum atomic E-state index is 12.1. The van der Waals surface area contributed by atoms with Crippen molar-refractivity contribution in [2.45, 2.75) is 39.5 Å². The smallest absolute Gasteiger partial charge is 0.310 e. The molecule has 0 aromatic carbocycles. The summed E-state index contributed by atoms with van der Waals surface area (Å²) in [5.74, 6) is -0.337. The van der Waals surface area contributed by atoms with Gasteiger partial charge in [0.25, 0.3) is 5.91 Å². The van der Waals surface area contributed by atoms with Gasteiger partial charge in [-0.05, 0) is 38.8 Å². The summed E-state index contributed by atoms with van der Waals surface area (Å²) in [7, 11) is 0. The first kappa shape index (κ1) is 17.2. The lowest BCUT2D eigenvalue weighted by molar-refractivity contribution is -0.146. The standard InChI is InChI=1S/C17H25N3O3/c1-17(2,16(22)23)12-19-15(21)13-7-8-14(18-11-13)20-9-5-3-4-6-10-20/h7-8,11H,3-6,9-10,12H2,1-2H3,(H,19,21)(H,22,23). The Morgan fingerprint density at radius 3 is 2.39 bits per heavy atom. The third kappa shape index (κ3) is 4.68. The Hall–Kier alpha value is -2.11. The summed E-state index contributed by atoms with van der Waals surface area (Å²) in [6.45, 7) is 5.25. The van der Waals surface area contributed by atoms with Gasteiger partial charge in [-0.3, -0.25) is 9.59 Å². The molecule has 1 amide bonds. The van der Waals surface area contributed by atoms with Crippen molar-refractivity contribution >= 4 is 17.7 Å². The SMILES string of the molecule is CC(C)(CNC(=O)c1ccc(N2CCCCCC2)nc1)C(=O)O. The van der Waals surface area contributed by atoms with E-state index in [4.69, 9.17) is 5.11 Å². The highest BCUT2D eigenvalue weighted by Crippen LogP contribution is 2.18. The molecular formula is C17H25N3O3. The van der Waals surface area contributed by atoms with Crippen molar-refractivity contribution in [1.82, 2.24) is 10.3 Å². The predicted molar refractivity (Wildman–Crippen MR) is 88.7 cm³/mol. The molecule has 23 heavy (non-hydrogen) atoms. The summed E-state index contributed by atoms with van der Waals surface area (Å²) in [5.41, 5.74) is -0.542. The number of aromatic nitrogens is 1. The Morgan fingerprint density at radius 2 is 1.87 bits per heavy atom. The van der Waals surface area contributed by atoms with Crippen LogP contribution < -0.4 is 10.2 Å². The molecule has 1 saturated heterocycles. The van der Waals surface area contributed by atoms with Crippen molar-refractivity contribution in [1.29, 1.82) is 0 Å². The zero-order valence-corrected chi connectivity index (χ0v) is 13.8. The van der Waals surface area contributed by atoms with E-state index in [0.717, 1.165) is 18.9 Å². The fourth-order valence-electron chi connectivity index (χ4n) is 2.49. The van der Waals surface area contributed by atoms with Gasteiger partial charge in [-0.15, -0.1) is 0 Å². The Labute approximate surface area is 136 Å². The van der Waals surface area contributed by atoms with Crippen molar-refractivity contribution in [2.24, 2.45) is 5.41 Å². The van der Waals surface area contributed by atoms with Gasteiger partial charge in [0.05, 0.1) is 11.0 Å². The molecule has 0 saturated carbocycles. The van der Waals surface area contributed by atoms with E-state index in [1.807, 2.05) is 6.07 Å². The van der Waals surface area contributed by atoms with Gasteiger partial charge in [-0.1, -0.05) is 12.8 Å². The number of carbonyl (C=O) groups excluding carboxylic acids is 1. The molecule has 0 aliphatic carbocycles. The maximum Gasteiger partial charge on any atom is 0.310 e. The van der Waals surface area contributed by atoms with Crippen LogP contribution in [0.4, 0.5) is 5.82 Å². The number of pyridine rings is 1. The Balaban J connectivity index is 1.96. The number of anilines is 1. The molecule has 126 valence electrons. The van der Waals surface area contributed by atoms with E-state index < -0.39 is 11.4 Å². The molecular weight excluding hydrogens is 294 g/mol. The number of nitrogens with zero attached hydrogens (tertiary/aromatic N) is 2. The topological polar surface area (TPSA) is 82.5 Å². The Morgan fingerprint density at radius 1 is 1.22 bits per heavy atom. The molecule has 2 heterocycles. The lowest BCUT2D eigenvalue weighted by Gasteiger charge is -2.21. The van der Waals surface area contributed by atoms with Gasteiger partial charge in [-0.2, -0.15) is 0 Å².